The monoisotopic (exact) mass is 271 g/mol. The molecule has 0 aromatic heterocycles. The van der Waals surface area contributed by atoms with Crippen molar-refractivity contribution in [1.29, 1.82) is 0 Å². The molecular formula is C15H33N3O. The van der Waals surface area contributed by atoms with E-state index in [4.69, 9.17) is 0 Å². The lowest BCUT2D eigenvalue weighted by atomic mass is 9.75. The Bertz CT molecular complexity index is 277. The van der Waals surface area contributed by atoms with Crippen LogP contribution < -0.4 is 5.32 Å². The smallest absolute Gasteiger partial charge is 0.0623 e. The Balaban J connectivity index is 2.55. The second-order valence-corrected chi connectivity index (χ2v) is 7.16. The van der Waals surface area contributed by atoms with Crippen LogP contribution in [0.15, 0.2) is 0 Å². The molecule has 1 fully saturated rings. The van der Waals surface area contributed by atoms with Crippen LogP contribution in [0.25, 0.3) is 0 Å². The van der Waals surface area contributed by atoms with Crippen LogP contribution in [-0.2, 0) is 0 Å². The number of aliphatic hydroxyl groups excluding tert-OH is 1. The van der Waals surface area contributed by atoms with Gasteiger partial charge in [-0.1, -0.05) is 13.8 Å². The van der Waals surface area contributed by atoms with Crippen LogP contribution in [0.1, 0.15) is 40.0 Å². The van der Waals surface area contributed by atoms with E-state index in [0.29, 0.717) is 11.6 Å². The molecule has 0 saturated heterocycles. The summed E-state index contributed by atoms with van der Waals surface area (Å²) in [6.07, 6.45) is 3.92. The molecule has 4 nitrogen and oxygen atoms in total. The fraction of sp³-hybridized carbons (Fsp3) is 1.00. The molecule has 1 aliphatic rings. The van der Waals surface area contributed by atoms with Gasteiger partial charge in [0, 0.05) is 24.7 Å². The van der Waals surface area contributed by atoms with Crippen molar-refractivity contribution < 1.29 is 5.11 Å². The third-order valence-corrected chi connectivity index (χ3v) is 4.40. The van der Waals surface area contributed by atoms with Gasteiger partial charge in [0.15, 0.2) is 0 Å². The van der Waals surface area contributed by atoms with Crippen LogP contribution in [0.5, 0.6) is 0 Å². The van der Waals surface area contributed by atoms with Gasteiger partial charge in [-0.05, 0) is 47.3 Å². The van der Waals surface area contributed by atoms with Gasteiger partial charge in [-0.3, -0.25) is 0 Å². The minimum Gasteiger partial charge on any atom is -0.394 e. The van der Waals surface area contributed by atoms with Crippen molar-refractivity contribution in [2.75, 3.05) is 40.8 Å². The van der Waals surface area contributed by atoms with E-state index in [1.54, 1.807) is 0 Å². The molecule has 114 valence electrons. The summed E-state index contributed by atoms with van der Waals surface area (Å²) < 4.78 is 0. The maximum absolute atomic E-state index is 9.66. The van der Waals surface area contributed by atoms with Crippen molar-refractivity contribution in [3.8, 4) is 0 Å². The number of likely N-dealkylation sites (N-methyl/N-ethyl adjacent to an activating group) is 2. The lowest BCUT2D eigenvalue weighted by Crippen LogP contribution is -2.61. The Hall–Kier alpha value is -0.160. The minimum absolute atomic E-state index is 0.171. The number of nitrogens with one attached hydrogen (secondary N) is 1. The summed E-state index contributed by atoms with van der Waals surface area (Å²) in [6.45, 7) is 8.48. The highest BCUT2D eigenvalue weighted by Crippen LogP contribution is 2.36. The fourth-order valence-electron chi connectivity index (χ4n) is 3.32. The maximum Gasteiger partial charge on any atom is 0.0623 e. The molecule has 0 radical (unpaired) electrons. The third-order valence-electron chi connectivity index (χ3n) is 4.40. The molecule has 0 aliphatic heterocycles. The normalized spacial score (nSPS) is 21.8. The molecule has 1 rings (SSSR count). The molecule has 0 amide bonds. The van der Waals surface area contributed by atoms with Gasteiger partial charge in [-0.2, -0.15) is 0 Å². The molecule has 19 heavy (non-hydrogen) atoms. The van der Waals surface area contributed by atoms with E-state index in [0.717, 1.165) is 13.1 Å². The maximum atomic E-state index is 9.66. The van der Waals surface area contributed by atoms with Crippen molar-refractivity contribution in [3.05, 3.63) is 0 Å². The lowest BCUT2D eigenvalue weighted by molar-refractivity contribution is 0.0157. The summed E-state index contributed by atoms with van der Waals surface area (Å²) in [5.41, 5.74) is 0.128. The first-order valence-corrected chi connectivity index (χ1v) is 7.48. The summed E-state index contributed by atoms with van der Waals surface area (Å²) in [5, 5.41) is 13.1. The van der Waals surface area contributed by atoms with Crippen LogP contribution in [0.3, 0.4) is 0 Å². The average Bonchev–Trinajstić information content (AvgIpc) is 2.21. The highest BCUT2D eigenvalue weighted by molar-refractivity contribution is 4.99. The molecule has 0 aromatic carbocycles. The largest absolute Gasteiger partial charge is 0.394 e. The van der Waals surface area contributed by atoms with E-state index in [-0.39, 0.29) is 12.1 Å². The summed E-state index contributed by atoms with van der Waals surface area (Å²) in [4.78, 5) is 4.74. The topological polar surface area (TPSA) is 38.7 Å². The van der Waals surface area contributed by atoms with Gasteiger partial charge >= 0.3 is 0 Å². The van der Waals surface area contributed by atoms with Crippen molar-refractivity contribution in [1.82, 2.24) is 15.1 Å². The quantitative estimate of drug-likeness (QED) is 0.695. The first-order valence-electron chi connectivity index (χ1n) is 7.48. The molecule has 0 spiro atoms. The average molecular weight is 271 g/mol. The Kier molecular flexibility index (Phi) is 5.80. The minimum atomic E-state index is -0.222. The standard InChI is InChI=1S/C15H33N3O/c1-13(2)16-14(3,12-19)10-18(6)11-15(17(4)5)8-7-9-15/h13,16,19H,7-12H2,1-6H3. The van der Waals surface area contributed by atoms with Gasteiger partial charge in [0.2, 0.25) is 0 Å². The zero-order valence-corrected chi connectivity index (χ0v) is 13.7. The van der Waals surface area contributed by atoms with Crippen LogP contribution in [0, 0.1) is 0 Å². The molecule has 0 aromatic rings. The second-order valence-electron chi connectivity index (χ2n) is 7.16. The van der Waals surface area contributed by atoms with Gasteiger partial charge in [-0.25, -0.2) is 0 Å². The summed E-state index contributed by atoms with van der Waals surface area (Å²) in [5.74, 6) is 0. The van der Waals surface area contributed by atoms with Gasteiger partial charge in [0.1, 0.15) is 0 Å². The van der Waals surface area contributed by atoms with E-state index < -0.39 is 0 Å². The number of aliphatic hydroxyl groups is 1. The van der Waals surface area contributed by atoms with E-state index in [2.05, 4.69) is 57.0 Å². The Morgan fingerprint density at radius 2 is 1.84 bits per heavy atom. The number of rotatable bonds is 8. The number of nitrogens with zero attached hydrogens (tertiary/aromatic N) is 2. The Morgan fingerprint density at radius 3 is 2.16 bits per heavy atom. The molecule has 1 unspecified atom stereocenters. The molecule has 1 atom stereocenters. The third kappa shape index (κ3) is 4.42. The van der Waals surface area contributed by atoms with E-state index in [1.165, 1.54) is 19.3 Å². The van der Waals surface area contributed by atoms with Gasteiger partial charge in [0.05, 0.1) is 12.1 Å². The first-order chi connectivity index (χ1) is 8.73. The number of hydrogen-bond donors (Lipinski definition) is 2. The fourth-order valence-corrected chi connectivity index (χ4v) is 3.32. The molecule has 4 heteroatoms. The van der Waals surface area contributed by atoms with Crippen molar-refractivity contribution in [2.45, 2.75) is 57.2 Å². The predicted octanol–water partition coefficient (Wildman–Crippen LogP) is 1.15. The van der Waals surface area contributed by atoms with Crippen LogP contribution in [0.4, 0.5) is 0 Å². The van der Waals surface area contributed by atoms with Gasteiger partial charge < -0.3 is 20.2 Å². The summed E-state index contributed by atoms with van der Waals surface area (Å²) in [7, 11) is 6.54. The highest BCUT2D eigenvalue weighted by atomic mass is 16.3. The SMILES string of the molecule is CC(C)NC(C)(CO)CN(C)CC1(N(C)C)CCC1. The van der Waals surface area contributed by atoms with E-state index in [1.807, 2.05) is 0 Å². The van der Waals surface area contributed by atoms with Crippen LogP contribution >= 0.6 is 0 Å². The predicted molar refractivity (Wildman–Crippen MR) is 81.5 cm³/mol. The van der Waals surface area contributed by atoms with Crippen LogP contribution in [0.2, 0.25) is 0 Å². The molecule has 1 aliphatic carbocycles. The Morgan fingerprint density at radius 1 is 1.26 bits per heavy atom. The van der Waals surface area contributed by atoms with Crippen LogP contribution in [-0.4, -0.2) is 72.9 Å². The molecule has 0 bridgehead atoms. The molecule has 1 saturated carbocycles. The molecule has 0 heterocycles. The van der Waals surface area contributed by atoms with Gasteiger partial charge in [-0.15, -0.1) is 0 Å². The van der Waals surface area contributed by atoms with Crippen molar-refractivity contribution >= 4 is 0 Å². The Labute approximate surface area is 119 Å². The van der Waals surface area contributed by atoms with E-state index in [9.17, 15) is 5.11 Å². The molecular weight excluding hydrogens is 238 g/mol. The summed E-state index contributed by atoms with van der Waals surface area (Å²) >= 11 is 0. The molecule has 2 N–H and O–H groups in total. The van der Waals surface area contributed by atoms with Crippen molar-refractivity contribution in [2.24, 2.45) is 0 Å². The second kappa shape index (κ2) is 6.53. The van der Waals surface area contributed by atoms with Gasteiger partial charge in [0.25, 0.3) is 0 Å². The lowest BCUT2D eigenvalue weighted by Gasteiger charge is -2.50. The zero-order valence-electron chi connectivity index (χ0n) is 13.7. The zero-order chi connectivity index (χ0) is 14.7. The first kappa shape index (κ1) is 16.9. The summed E-state index contributed by atoms with van der Waals surface area (Å²) in [6, 6.07) is 0.386. The highest BCUT2D eigenvalue weighted by Gasteiger charge is 2.40. The van der Waals surface area contributed by atoms with E-state index >= 15 is 0 Å². The number of hydrogen-bond acceptors (Lipinski definition) is 4. The van der Waals surface area contributed by atoms with Crippen molar-refractivity contribution in [3.63, 3.8) is 0 Å².